The third-order valence-corrected chi connectivity index (χ3v) is 4.35. The van der Waals surface area contributed by atoms with Gasteiger partial charge in [0, 0.05) is 16.0 Å². The quantitative estimate of drug-likeness (QED) is 0.664. The molecule has 0 fully saturated rings. The maximum atomic E-state index is 13.5. The van der Waals surface area contributed by atoms with Crippen LogP contribution in [0.4, 0.5) is 9.52 Å². The largest absolute Gasteiger partial charge is 0.496 e. The number of anilines is 1. The number of ether oxygens (including phenoxy) is 2. The molecule has 134 valence electrons. The lowest BCUT2D eigenvalue weighted by Gasteiger charge is -2.06. The molecule has 0 radical (unpaired) electrons. The van der Waals surface area contributed by atoms with Gasteiger partial charge in [0.1, 0.15) is 17.3 Å². The van der Waals surface area contributed by atoms with Crippen molar-refractivity contribution in [2.24, 2.45) is 0 Å². The summed E-state index contributed by atoms with van der Waals surface area (Å²) in [5.74, 6) is 0.238. The van der Waals surface area contributed by atoms with E-state index in [1.54, 1.807) is 29.6 Å². The second-order valence-electron chi connectivity index (χ2n) is 5.18. The van der Waals surface area contributed by atoms with E-state index in [0.29, 0.717) is 32.9 Å². The Morgan fingerprint density at radius 2 is 2.15 bits per heavy atom. The lowest BCUT2D eigenvalue weighted by atomic mass is 10.1. The van der Waals surface area contributed by atoms with Crippen LogP contribution in [0.15, 0.2) is 47.8 Å². The van der Waals surface area contributed by atoms with Crippen LogP contribution in [0.2, 0.25) is 5.02 Å². The van der Waals surface area contributed by atoms with Crippen molar-refractivity contribution in [3.63, 3.8) is 0 Å². The van der Waals surface area contributed by atoms with Gasteiger partial charge in [0.15, 0.2) is 11.7 Å². The smallest absolute Gasteiger partial charge is 0.264 e. The molecule has 0 bridgehead atoms. The Morgan fingerprint density at radius 1 is 1.31 bits per heavy atom. The lowest BCUT2D eigenvalue weighted by molar-refractivity contribution is -0.118. The first-order valence-corrected chi connectivity index (χ1v) is 8.78. The van der Waals surface area contributed by atoms with Gasteiger partial charge in [-0.15, -0.1) is 11.3 Å². The number of nitrogens with zero attached hydrogens (tertiary/aromatic N) is 1. The summed E-state index contributed by atoms with van der Waals surface area (Å²) in [6, 6.07) is 10.9. The van der Waals surface area contributed by atoms with Crippen LogP contribution in [0.3, 0.4) is 0 Å². The summed E-state index contributed by atoms with van der Waals surface area (Å²) >= 11 is 7.09. The third kappa shape index (κ3) is 4.50. The van der Waals surface area contributed by atoms with Crippen molar-refractivity contribution < 1.29 is 18.7 Å². The molecule has 2 aromatic carbocycles. The summed E-state index contributed by atoms with van der Waals surface area (Å²) in [4.78, 5) is 16.3. The molecule has 5 nitrogen and oxygen atoms in total. The zero-order valence-electron chi connectivity index (χ0n) is 13.7. The molecule has 0 saturated carbocycles. The van der Waals surface area contributed by atoms with E-state index in [4.69, 9.17) is 21.1 Å². The fraction of sp³-hybridized carbons (Fsp3) is 0.111. The maximum absolute atomic E-state index is 13.5. The van der Waals surface area contributed by atoms with Crippen LogP contribution in [-0.2, 0) is 4.79 Å². The summed E-state index contributed by atoms with van der Waals surface area (Å²) < 4.78 is 24.1. The van der Waals surface area contributed by atoms with Gasteiger partial charge in [-0.25, -0.2) is 9.37 Å². The molecule has 1 heterocycles. The van der Waals surface area contributed by atoms with Crippen LogP contribution < -0.4 is 14.8 Å². The van der Waals surface area contributed by atoms with E-state index < -0.39 is 5.82 Å². The van der Waals surface area contributed by atoms with Crippen molar-refractivity contribution >= 4 is 34.0 Å². The van der Waals surface area contributed by atoms with Gasteiger partial charge in [0.2, 0.25) is 0 Å². The van der Waals surface area contributed by atoms with E-state index in [9.17, 15) is 9.18 Å². The van der Waals surface area contributed by atoms with Gasteiger partial charge in [-0.1, -0.05) is 17.7 Å². The minimum atomic E-state index is -0.394. The Morgan fingerprint density at radius 3 is 2.92 bits per heavy atom. The van der Waals surface area contributed by atoms with Crippen LogP contribution in [-0.4, -0.2) is 24.6 Å². The zero-order chi connectivity index (χ0) is 18.5. The molecule has 0 unspecified atom stereocenters. The average molecular weight is 393 g/mol. The van der Waals surface area contributed by atoms with Crippen LogP contribution in [0, 0.1) is 5.82 Å². The van der Waals surface area contributed by atoms with E-state index >= 15 is 0 Å². The second kappa shape index (κ2) is 8.16. The molecule has 0 aliphatic rings. The third-order valence-electron chi connectivity index (χ3n) is 3.35. The topological polar surface area (TPSA) is 60.5 Å². The number of hydrogen-bond donors (Lipinski definition) is 1. The number of halogens is 2. The molecule has 1 amide bonds. The summed E-state index contributed by atoms with van der Waals surface area (Å²) in [5.41, 5.74) is 1.02. The van der Waals surface area contributed by atoms with E-state index in [-0.39, 0.29) is 12.5 Å². The van der Waals surface area contributed by atoms with Crippen LogP contribution in [0.25, 0.3) is 11.3 Å². The van der Waals surface area contributed by atoms with Crippen LogP contribution in [0.1, 0.15) is 0 Å². The Hall–Kier alpha value is -2.64. The predicted octanol–water partition coefficient (Wildman–Crippen LogP) is 4.63. The van der Waals surface area contributed by atoms with Crippen molar-refractivity contribution in [2.45, 2.75) is 0 Å². The van der Waals surface area contributed by atoms with Crippen LogP contribution >= 0.6 is 22.9 Å². The molecular weight excluding hydrogens is 379 g/mol. The van der Waals surface area contributed by atoms with Gasteiger partial charge in [-0.05, 0) is 36.4 Å². The first kappa shape index (κ1) is 18.2. The van der Waals surface area contributed by atoms with Crippen molar-refractivity contribution in [1.82, 2.24) is 4.98 Å². The zero-order valence-corrected chi connectivity index (χ0v) is 15.2. The van der Waals surface area contributed by atoms with Gasteiger partial charge in [0.25, 0.3) is 5.91 Å². The standard InChI is InChI=1S/C18H14ClFN2O3S/c1-24-16-6-5-12(20)8-14(16)15-10-26-18(21-15)22-17(23)9-25-13-4-2-3-11(19)7-13/h2-8,10H,9H2,1H3,(H,21,22,23). The van der Waals surface area contributed by atoms with Gasteiger partial charge in [0.05, 0.1) is 12.8 Å². The van der Waals surface area contributed by atoms with E-state index in [1.165, 1.54) is 36.6 Å². The monoisotopic (exact) mass is 392 g/mol. The molecule has 0 aliphatic carbocycles. The number of amides is 1. The molecule has 1 aromatic heterocycles. The Bertz CT molecular complexity index is 932. The van der Waals surface area contributed by atoms with Crippen molar-refractivity contribution in [1.29, 1.82) is 0 Å². The average Bonchev–Trinajstić information content (AvgIpc) is 3.08. The van der Waals surface area contributed by atoms with E-state index in [2.05, 4.69) is 10.3 Å². The number of benzene rings is 2. The first-order valence-electron chi connectivity index (χ1n) is 7.53. The highest BCUT2D eigenvalue weighted by Crippen LogP contribution is 2.32. The molecule has 26 heavy (non-hydrogen) atoms. The summed E-state index contributed by atoms with van der Waals surface area (Å²) in [5, 5.41) is 5.26. The Balaban J connectivity index is 1.65. The van der Waals surface area contributed by atoms with E-state index in [0.717, 1.165) is 0 Å². The second-order valence-corrected chi connectivity index (χ2v) is 6.47. The Kier molecular flexibility index (Phi) is 5.70. The fourth-order valence-corrected chi connectivity index (χ4v) is 3.10. The van der Waals surface area contributed by atoms with Gasteiger partial charge in [-0.2, -0.15) is 0 Å². The normalized spacial score (nSPS) is 10.4. The lowest BCUT2D eigenvalue weighted by Crippen LogP contribution is -2.20. The molecule has 0 aliphatic heterocycles. The van der Waals surface area contributed by atoms with E-state index in [1.807, 2.05) is 0 Å². The highest BCUT2D eigenvalue weighted by atomic mass is 35.5. The van der Waals surface area contributed by atoms with Crippen LogP contribution in [0.5, 0.6) is 11.5 Å². The number of rotatable bonds is 6. The Labute approximate surface area is 158 Å². The number of methoxy groups -OCH3 is 1. The predicted molar refractivity (Wildman–Crippen MR) is 99.6 cm³/mol. The highest BCUT2D eigenvalue weighted by Gasteiger charge is 2.13. The molecule has 1 N–H and O–H groups in total. The van der Waals surface area contributed by atoms with Gasteiger partial charge >= 0.3 is 0 Å². The number of nitrogens with one attached hydrogen (secondary N) is 1. The molecule has 3 aromatic rings. The van der Waals surface area contributed by atoms with Crippen molar-refractivity contribution in [3.8, 4) is 22.8 Å². The summed E-state index contributed by atoms with van der Waals surface area (Å²) in [7, 11) is 1.50. The number of thiazole rings is 1. The SMILES string of the molecule is COc1ccc(F)cc1-c1csc(NC(=O)COc2cccc(Cl)c2)n1. The number of hydrogen-bond acceptors (Lipinski definition) is 5. The maximum Gasteiger partial charge on any atom is 0.264 e. The summed E-state index contributed by atoms with van der Waals surface area (Å²) in [6.45, 7) is -0.182. The number of aromatic nitrogens is 1. The molecule has 0 atom stereocenters. The molecular formula is C18H14ClFN2O3S. The first-order chi connectivity index (χ1) is 12.5. The van der Waals surface area contributed by atoms with Gasteiger partial charge < -0.3 is 9.47 Å². The molecule has 0 spiro atoms. The summed E-state index contributed by atoms with van der Waals surface area (Å²) in [6.07, 6.45) is 0. The molecule has 8 heteroatoms. The van der Waals surface area contributed by atoms with Gasteiger partial charge in [-0.3, -0.25) is 10.1 Å². The minimum absolute atomic E-state index is 0.182. The van der Waals surface area contributed by atoms with Crippen molar-refractivity contribution in [3.05, 3.63) is 58.7 Å². The number of carbonyl (C=O) groups is 1. The number of carbonyl (C=O) groups excluding carboxylic acids is 1. The van der Waals surface area contributed by atoms with Crippen molar-refractivity contribution in [2.75, 3.05) is 19.0 Å². The molecule has 0 saturated heterocycles. The minimum Gasteiger partial charge on any atom is -0.496 e. The fourth-order valence-electron chi connectivity index (χ4n) is 2.20. The molecule has 3 rings (SSSR count). The highest BCUT2D eigenvalue weighted by molar-refractivity contribution is 7.14.